The third-order valence-electron chi connectivity index (χ3n) is 13.4. The molecule has 0 atom stereocenters. The molecule has 0 aliphatic rings. The molecule has 0 radical (unpaired) electrons. The summed E-state index contributed by atoms with van der Waals surface area (Å²) in [6.45, 7) is 0. The summed E-state index contributed by atoms with van der Waals surface area (Å²) in [6, 6.07) is 90.4. The predicted molar refractivity (Wildman–Crippen MR) is 280 cm³/mol. The Morgan fingerprint density at radius 2 is 0.742 bits per heavy atom. The van der Waals surface area contributed by atoms with E-state index >= 15 is 0 Å². The number of nitrogens with zero attached hydrogens (tertiary/aromatic N) is 1. The molecule has 0 saturated heterocycles. The standard InChI is InChI=1S/C64H41NO/c1-3-17-54-45(12-1)35-38-59-56(20-9-22-58(54)59)50-14-8-16-53(40-50)65(51-36-33-46(34-37-51)57-21-10-24-63-64(57)60-19-5-6-23-62(60)66-63)52-15-7-13-48(39-52)42-25-27-43(28-26-42)49-32-31-47-30-29-44-11-2-4-18-55(44)61(47)41-49/h1-41H. The largest absolute Gasteiger partial charge is 0.456 e. The van der Waals surface area contributed by atoms with Crippen LogP contribution in [0.4, 0.5) is 17.1 Å². The molecular formula is C64H41NO. The van der Waals surface area contributed by atoms with Gasteiger partial charge in [-0.1, -0.05) is 194 Å². The highest BCUT2D eigenvalue weighted by Crippen LogP contribution is 2.43. The van der Waals surface area contributed by atoms with Crippen LogP contribution in [0.25, 0.3) is 110 Å². The maximum Gasteiger partial charge on any atom is 0.136 e. The van der Waals surface area contributed by atoms with Crippen molar-refractivity contribution in [3.8, 4) is 44.5 Å². The molecule has 0 aliphatic carbocycles. The zero-order valence-corrected chi connectivity index (χ0v) is 36.0. The van der Waals surface area contributed by atoms with E-state index in [9.17, 15) is 0 Å². The molecule has 1 heterocycles. The number of rotatable bonds is 7. The lowest BCUT2D eigenvalue weighted by Gasteiger charge is -2.27. The minimum Gasteiger partial charge on any atom is -0.456 e. The maximum absolute atomic E-state index is 6.29. The van der Waals surface area contributed by atoms with Crippen molar-refractivity contribution in [1.29, 1.82) is 0 Å². The fourth-order valence-electron chi connectivity index (χ4n) is 10.2. The molecular weight excluding hydrogens is 799 g/mol. The lowest BCUT2D eigenvalue weighted by Crippen LogP contribution is -2.10. The van der Waals surface area contributed by atoms with E-state index in [1.54, 1.807) is 0 Å². The molecule has 308 valence electrons. The van der Waals surface area contributed by atoms with Gasteiger partial charge in [-0.2, -0.15) is 0 Å². The predicted octanol–water partition coefficient (Wildman–Crippen LogP) is 18.3. The number of anilines is 3. The molecule has 0 amide bonds. The Hall–Kier alpha value is -8.72. The van der Waals surface area contributed by atoms with Crippen LogP contribution in [0.15, 0.2) is 253 Å². The number of benzene rings is 12. The molecule has 2 nitrogen and oxygen atoms in total. The lowest BCUT2D eigenvalue weighted by molar-refractivity contribution is 0.669. The molecule has 0 aliphatic heterocycles. The molecule has 0 bridgehead atoms. The number of hydrogen-bond acceptors (Lipinski definition) is 2. The Morgan fingerprint density at radius 3 is 1.50 bits per heavy atom. The minimum atomic E-state index is 0.897. The van der Waals surface area contributed by atoms with E-state index in [4.69, 9.17) is 4.42 Å². The summed E-state index contributed by atoms with van der Waals surface area (Å²) in [5.74, 6) is 0. The first-order valence-corrected chi connectivity index (χ1v) is 22.6. The summed E-state index contributed by atoms with van der Waals surface area (Å²) in [7, 11) is 0. The van der Waals surface area contributed by atoms with Crippen molar-refractivity contribution in [3.05, 3.63) is 249 Å². The van der Waals surface area contributed by atoms with Crippen LogP contribution in [0.5, 0.6) is 0 Å². The van der Waals surface area contributed by atoms with Gasteiger partial charge in [-0.15, -0.1) is 0 Å². The van der Waals surface area contributed by atoms with E-state index in [2.05, 4.69) is 241 Å². The first-order chi connectivity index (χ1) is 32.7. The van der Waals surface area contributed by atoms with Gasteiger partial charge in [0.2, 0.25) is 0 Å². The van der Waals surface area contributed by atoms with E-state index < -0.39 is 0 Å². The second-order valence-electron chi connectivity index (χ2n) is 17.2. The van der Waals surface area contributed by atoms with Crippen LogP contribution in [-0.2, 0) is 0 Å². The monoisotopic (exact) mass is 839 g/mol. The molecule has 1 aromatic heterocycles. The molecule has 0 spiro atoms. The van der Waals surface area contributed by atoms with Crippen molar-refractivity contribution in [2.45, 2.75) is 0 Å². The Bertz CT molecular complexity index is 3990. The Morgan fingerprint density at radius 1 is 0.242 bits per heavy atom. The Balaban J connectivity index is 0.910. The summed E-state index contributed by atoms with van der Waals surface area (Å²) in [6.07, 6.45) is 0. The average molecular weight is 840 g/mol. The third-order valence-corrected chi connectivity index (χ3v) is 13.4. The molecule has 13 aromatic rings. The number of fused-ring (bicyclic) bond motifs is 9. The molecule has 12 aromatic carbocycles. The second kappa shape index (κ2) is 15.5. The van der Waals surface area contributed by atoms with Crippen LogP contribution in [0.3, 0.4) is 0 Å². The second-order valence-corrected chi connectivity index (χ2v) is 17.2. The highest BCUT2D eigenvalue weighted by Gasteiger charge is 2.18. The molecule has 0 N–H and O–H groups in total. The topological polar surface area (TPSA) is 16.4 Å². The zero-order chi connectivity index (χ0) is 43.6. The first-order valence-electron chi connectivity index (χ1n) is 22.6. The average Bonchev–Trinajstić information content (AvgIpc) is 3.78. The van der Waals surface area contributed by atoms with Crippen LogP contribution >= 0.6 is 0 Å². The molecule has 66 heavy (non-hydrogen) atoms. The van der Waals surface area contributed by atoms with E-state index in [0.29, 0.717) is 0 Å². The minimum absolute atomic E-state index is 0.897. The van der Waals surface area contributed by atoms with Gasteiger partial charge in [0.15, 0.2) is 0 Å². The lowest BCUT2D eigenvalue weighted by atomic mass is 9.94. The van der Waals surface area contributed by atoms with Crippen molar-refractivity contribution >= 4 is 82.1 Å². The van der Waals surface area contributed by atoms with Gasteiger partial charge < -0.3 is 9.32 Å². The molecule has 0 fully saturated rings. The Kier molecular flexibility index (Phi) is 8.89. The van der Waals surface area contributed by atoms with Crippen LogP contribution in [0.1, 0.15) is 0 Å². The van der Waals surface area contributed by atoms with Gasteiger partial charge in [-0.25, -0.2) is 0 Å². The van der Waals surface area contributed by atoms with Crippen molar-refractivity contribution in [1.82, 2.24) is 0 Å². The van der Waals surface area contributed by atoms with Gasteiger partial charge in [0, 0.05) is 27.8 Å². The molecule has 0 saturated carbocycles. The highest BCUT2D eigenvalue weighted by atomic mass is 16.3. The van der Waals surface area contributed by atoms with Gasteiger partial charge in [-0.05, 0) is 142 Å². The van der Waals surface area contributed by atoms with Gasteiger partial charge in [0.25, 0.3) is 0 Å². The fraction of sp³-hybridized carbons (Fsp3) is 0. The van der Waals surface area contributed by atoms with E-state index in [0.717, 1.165) is 55.7 Å². The SMILES string of the molecule is c1cc(-c2ccc(-c3ccc4ccc5ccccc5c4c3)cc2)cc(N(c2ccc(-c3cccc4oc5ccccc5c34)cc2)c2cccc(-c3cccc4c3ccc3ccccc34)c2)c1. The first kappa shape index (κ1) is 37.8. The summed E-state index contributed by atoms with van der Waals surface area (Å²) >= 11 is 0. The zero-order valence-electron chi connectivity index (χ0n) is 36.0. The highest BCUT2D eigenvalue weighted by molar-refractivity contribution is 6.14. The van der Waals surface area contributed by atoms with Gasteiger partial charge in [-0.3, -0.25) is 0 Å². The summed E-state index contributed by atoms with van der Waals surface area (Å²) < 4.78 is 6.29. The quantitative estimate of drug-likeness (QED) is 0.149. The summed E-state index contributed by atoms with van der Waals surface area (Å²) in [5, 5.41) is 12.4. The van der Waals surface area contributed by atoms with Crippen LogP contribution in [0.2, 0.25) is 0 Å². The van der Waals surface area contributed by atoms with Crippen molar-refractivity contribution < 1.29 is 4.42 Å². The molecule has 2 heteroatoms. The third kappa shape index (κ3) is 6.42. The van der Waals surface area contributed by atoms with Gasteiger partial charge >= 0.3 is 0 Å². The number of hydrogen-bond donors (Lipinski definition) is 0. The number of furan rings is 1. The van der Waals surface area contributed by atoms with Crippen molar-refractivity contribution in [2.75, 3.05) is 4.90 Å². The summed E-state index contributed by atoms with van der Waals surface area (Å²) in [4.78, 5) is 2.39. The molecule has 13 rings (SSSR count). The summed E-state index contributed by atoms with van der Waals surface area (Å²) in [5.41, 5.74) is 14.4. The van der Waals surface area contributed by atoms with Crippen LogP contribution in [0, 0.1) is 0 Å². The van der Waals surface area contributed by atoms with E-state index in [-0.39, 0.29) is 0 Å². The maximum atomic E-state index is 6.29. The van der Waals surface area contributed by atoms with E-state index in [1.807, 2.05) is 12.1 Å². The Labute approximate surface area is 382 Å². The van der Waals surface area contributed by atoms with Crippen molar-refractivity contribution in [3.63, 3.8) is 0 Å². The van der Waals surface area contributed by atoms with Gasteiger partial charge in [0.05, 0.1) is 0 Å². The molecule has 0 unspecified atom stereocenters. The van der Waals surface area contributed by atoms with Crippen LogP contribution < -0.4 is 4.90 Å². The fourth-order valence-corrected chi connectivity index (χ4v) is 10.2. The number of para-hydroxylation sites is 1. The van der Waals surface area contributed by atoms with Crippen LogP contribution in [-0.4, -0.2) is 0 Å². The smallest absolute Gasteiger partial charge is 0.136 e. The van der Waals surface area contributed by atoms with Gasteiger partial charge in [0.1, 0.15) is 11.2 Å². The van der Waals surface area contributed by atoms with E-state index in [1.165, 1.54) is 70.9 Å². The van der Waals surface area contributed by atoms with Crippen molar-refractivity contribution in [2.24, 2.45) is 0 Å². The normalized spacial score (nSPS) is 11.6.